The third kappa shape index (κ3) is 6.19. The van der Waals surface area contributed by atoms with Crippen molar-refractivity contribution < 1.29 is 9.59 Å². The van der Waals surface area contributed by atoms with Gasteiger partial charge in [-0.15, -0.1) is 0 Å². The second kappa shape index (κ2) is 11.1. The number of aromatic nitrogens is 2. The highest BCUT2D eigenvalue weighted by Crippen LogP contribution is 2.29. The third-order valence-corrected chi connectivity index (χ3v) is 5.98. The Morgan fingerprint density at radius 3 is 2.29 bits per heavy atom. The Balaban J connectivity index is 1.88. The molecular formula is C26H30Cl2N4O2. The minimum atomic E-state index is -0.329. The van der Waals surface area contributed by atoms with E-state index in [9.17, 15) is 9.59 Å². The van der Waals surface area contributed by atoms with Crippen LogP contribution < -0.4 is 5.32 Å². The first-order valence-electron chi connectivity index (χ1n) is 11.3. The molecule has 1 aromatic heterocycles. The number of amides is 2. The molecule has 8 heteroatoms. The summed E-state index contributed by atoms with van der Waals surface area (Å²) in [5, 5.41) is 8.52. The summed E-state index contributed by atoms with van der Waals surface area (Å²) < 4.78 is 1.63. The molecule has 3 rings (SSSR count). The van der Waals surface area contributed by atoms with Crippen LogP contribution in [-0.4, -0.2) is 39.6 Å². The average molecular weight is 501 g/mol. The Morgan fingerprint density at radius 2 is 1.68 bits per heavy atom. The Labute approximate surface area is 210 Å². The second-order valence-corrected chi connectivity index (χ2v) is 9.95. The van der Waals surface area contributed by atoms with Gasteiger partial charge < -0.3 is 10.2 Å². The zero-order valence-electron chi connectivity index (χ0n) is 19.9. The van der Waals surface area contributed by atoms with E-state index in [1.807, 2.05) is 52.0 Å². The van der Waals surface area contributed by atoms with Crippen LogP contribution in [0.3, 0.4) is 0 Å². The Hall–Kier alpha value is -2.83. The molecule has 0 aliphatic rings. The highest BCUT2D eigenvalue weighted by molar-refractivity contribution is 6.34. The predicted octanol–water partition coefficient (Wildman–Crippen LogP) is 6.36. The number of nitrogens with one attached hydrogen (secondary N) is 1. The summed E-state index contributed by atoms with van der Waals surface area (Å²) in [6.45, 7) is 8.52. The smallest absolute Gasteiger partial charge is 0.255 e. The molecule has 0 atom stereocenters. The Bertz CT molecular complexity index is 1170. The summed E-state index contributed by atoms with van der Waals surface area (Å²) in [5.74, 6) is -0.113. The zero-order chi connectivity index (χ0) is 24.9. The lowest BCUT2D eigenvalue weighted by Crippen LogP contribution is -2.39. The predicted molar refractivity (Wildman–Crippen MR) is 138 cm³/mol. The SMILES string of the molecule is CCCCN(CC(=O)Nc1cc(C(C)(C)C)nn1-c1ccccc1Cl)C(=O)c1ccccc1Cl. The van der Waals surface area contributed by atoms with Crippen molar-refractivity contribution in [1.82, 2.24) is 14.7 Å². The molecule has 0 aliphatic heterocycles. The Morgan fingerprint density at radius 1 is 1.03 bits per heavy atom. The van der Waals surface area contributed by atoms with Gasteiger partial charge in [-0.2, -0.15) is 5.10 Å². The largest absolute Gasteiger partial charge is 0.329 e. The number of hydrogen-bond donors (Lipinski definition) is 1. The first-order chi connectivity index (χ1) is 16.1. The van der Waals surface area contributed by atoms with Crippen LogP contribution in [-0.2, 0) is 10.2 Å². The van der Waals surface area contributed by atoms with Crippen LogP contribution in [0.1, 0.15) is 56.6 Å². The number of halogens is 2. The van der Waals surface area contributed by atoms with E-state index in [-0.39, 0.29) is 23.8 Å². The molecule has 0 saturated heterocycles. The average Bonchev–Trinajstić information content (AvgIpc) is 3.20. The molecule has 1 N–H and O–H groups in total. The number of carbonyl (C=O) groups excluding carboxylic acids is 2. The van der Waals surface area contributed by atoms with Crippen molar-refractivity contribution in [3.8, 4) is 5.69 Å². The van der Waals surface area contributed by atoms with E-state index in [1.165, 1.54) is 4.90 Å². The fourth-order valence-corrected chi connectivity index (χ4v) is 3.84. The molecule has 2 aromatic carbocycles. The molecule has 6 nitrogen and oxygen atoms in total. The number of unbranched alkanes of at least 4 members (excludes halogenated alkanes) is 1. The van der Waals surface area contributed by atoms with Gasteiger partial charge in [-0.3, -0.25) is 9.59 Å². The number of rotatable bonds is 8. The molecule has 0 unspecified atom stereocenters. The molecule has 2 amide bonds. The Kier molecular flexibility index (Phi) is 8.39. The van der Waals surface area contributed by atoms with Crippen molar-refractivity contribution in [2.24, 2.45) is 0 Å². The molecule has 0 fully saturated rings. The molecule has 1 heterocycles. The van der Waals surface area contributed by atoms with Crippen molar-refractivity contribution >= 4 is 40.8 Å². The molecule has 34 heavy (non-hydrogen) atoms. The van der Waals surface area contributed by atoms with E-state index in [0.717, 1.165) is 18.5 Å². The van der Waals surface area contributed by atoms with Crippen LogP contribution in [0.2, 0.25) is 10.0 Å². The maximum Gasteiger partial charge on any atom is 0.255 e. The van der Waals surface area contributed by atoms with Gasteiger partial charge in [0.25, 0.3) is 5.91 Å². The first kappa shape index (κ1) is 25.8. The molecule has 3 aromatic rings. The summed E-state index contributed by atoms with van der Waals surface area (Å²) in [6.07, 6.45) is 1.66. The summed E-state index contributed by atoms with van der Waals surface area (Å²) in [4.78, 5) is 27.8. The molecule has 0 saturated carbocycles. The third-order valence-electron chi connectivity index (χ3n) is 5.33. The van der Waals surface area contributed by atoms with Gasteiger partial charge in [0.05, 0.1) is 27.0 Å². The molecular weight excluding hydrogens is 471 g/mol. The van der Waals surface area contributed by atoms with Crippen LogP contribution >= 0.6 is 23.2 Å². The number of anilines is 1. The highest BCUT2D eigenvalue weighted by Gasteiger charge is 2.24. The lowest BCUT2D eigenvalue weighted by atomic mass is 9.92. The summed E-state index contributed by atoms with van der Waals surface area (Å²) in [5.41, 5.74) is 1.60. The van der Waals surface area contributed by atoms with Crippen LogP contribution in [0, 0.1) is 0 Å². The normalized spacial score (nSPS) is 11.4. The van der Waals surface area contributed by atoms with Gasteiger partial charge in [0, 0.05) is 18.0 Å². The molecule has 180 valence electrons. The van der Waals surface area contributed by atoms with Gasteiger partial charge in [0.1, 0.15) is 12.4 Å². The van der Waals surface area contributed by atoms with Crippen molar-refractivity contribution in [3.05, 3.63) is 75.9 Å². The number of nitrogens with zero attached hydrogens (tertiary/aromatic N) is 3. The van der Waals surface area contributed by atoms with Gasteiger partial charge in [0.15, 0.2) is 0 Å². The van der Waals surface area contributed by atoms with Crippen molar-refractivity contribution in [2.45, 2.75) is 46.0 Å². The quantitative estimate of drug-likeness (QED) is 0.391. The minimum absolute atomic E-state index is 0.109. The van der Waals surface area contributed by atoms with E-state index in [2.05, 4.69) is 5.32 Å². The zero-order valence-corrected chi connectivity index (χ0v) is 21.5. The first-order valence-corrected chi connectivity index (χ1v) is 12.1. The number of para-hydroxylation sites is 1. The van der Waals surface area contributed by atoms with Gasteiger partial charge in [-0.25, -0.2) is 4.68 Å². The fraction of sp³-hybridized carbons (Fsp3) is 0.346. The molecule has 0 spiro atoms. The second-order valence-electron chi connectivity index (χ2n) is 9.14. The highest BCUT2D eigenvalue weighted by atomic mass is 35.5. The van der Waals surface area contributed by atoms with Gasteiger partial charge >= 0.3 is 0 Å². The fourth-order valence-electron chi connectivity index (χ4n) is 3.41. The molecule has 0 bridgehead atoms. The lowest BCUT2D eigenvalue weighted by Gasteiger charge is -2.22. The van der Waals surface area contributed by atoms with Crippen molar-refractivity contribution in [1.29, 1.82) is 0 Å². The van der Waals surface area contributed by atoms with Gasteiger partial charge in [0.2, 0.25) is 5.91 Å². The minimum Gasteiger partial charge on any atom is -0.329 e. The lowest BCUT2D eigenvalue weighted by molar-refractivity contribution is -0.117. The molecule has 0 aliphatic carbocycles. The van der Waals surface area contributed by atoms with Crippen LogP contribution in [0.5, 0.6) is 0 Å². The van der Waals surface area contributed by atoms with Crippen LogP contribution in [0.4, 0.5) is 5.82 Å². The monoisotopic (exact) mass is 500 g/mol. The van der Waals surface area contributed by atoms with E-state index in [1.54, 1.807) is 35.0 Å². The topological polar surface area (TPSA) is 67.2 Å². The maximum absolute atomic E-state index is 13.2. The van der Waals surface area contributed by atoms with Crippen LogP contribution in [0.25, 0.3) is 5.69 Å². The van der Waals surface area contributed by atoms with Gasteiger partial charge in [-0.05, 0) is 30.7 Å². The van der Waals surface area contributed by atoms with E-state index < -0.39 is 0 Å². The van der Waals surface area contributed by atoms with E-state index in [0.29, 0.717) is 33.7 Å². The summed E-state index contributed by atoms with van der Waals surface area (Å²) in [7, 11) is 0. The van der Waals surface area contributed by atoms with Crippen LogP contribution in [0.15, 0.2) is 54.6 Å². The van der Waals surface area contributed by atoms with Crippen molar-refractivity contribution in [3.63, 3.8) is 0 Å². The number of carbonyl (C=O) groups is 2. The maximum atomic E-state index is 13.2. The molecule has 0 radical (unpaired) electrons. The number of benzene rings is 2. The van der Waals surface area contributed by atoms with E-state index in [4.69, 9.17) is 28.3 Å². The number of hydrogen-bond acceptors (Lipinski definition) is 3. The van der Waals surface area contributed by atoms with Gasteiger partial charge in [-0.1, -0.05) is 81.6 Å². The summed E-state index contributed by atoms with van der Waals surface area (Å²) in [6, 6.07) is 16.0. The van der Waals surface area contributed by atoms with E-state index >= 15 is 0 Å². The summed E-state index contributed by atoms with van der Waals surface area (Å²) >= 11 is 12.7. The van der Waals surface area contributed by atoms with Crippen molar-refractivity contribution in [2.75, 3.05) is 18.4 Å². The standard InChI is InChI=1S/C26H30Cl2N4O2/c1-5-6-15-31(25(34)18-11-7-8-12-19(18)27)17-24(33)29-23-16-22(26(2,3)4)30-32(23)21-14-10-9-13-20(21)28/h7-14,16H,5-6,15,17H2,1-4H3,(H,29,33).